The van der Waals surface area contributed by atoms with Gasteiger partial charge in [-0.25, -0.2) is 4.98 Å². The number of hydrogen-bond acceptors (Lipinski definition) is 8. The molecule has 2 aromatic rings. The molecule has 0 radical (unpaired) electrons. The van der Waals surface area contributed by atoms with E-state index in [4.69, 9.17) is 4.74 Å². The third kappa shape index (κ3) is 8.99. The number of likely N-dealkylation sites (N-methyl/N-ethyl adjacent to an activating group) is 2. The number of anilines is 3. The van der Waals surface area contributed by atoms with Gasteiger partial charge in [-0.15, -0.1) is 0 Å². The van der Waals surface area contributed by atoms with Gasteiger partial charge in [-0.2, -0.15) is 4.98 Å². The van der Waals surface area contributed by atoms with Crippen molar-refractivity contribution in [2.24, 2.45) is 5.92 Å². The van der Waals surface area contributed by atoms with E-state index in [1.807, 2.05) is 43.3 Å². The molecule has 1 aliphatic carbocycles. The molecule has 0 saturated heterocycles. The van der Waals surface area contributed by atoms with E-state index >= 15 is 0 Å². The van der Waals surface area contributed by atoms with Gasteiger partial charge in [0.05, 0.1) is 18.9 Å². The van der Waals surface area contributed by atoms with E-state index in [1.54, 1.807) is 40.4 Å². The lowest BCUT2D eigenvalue weighted by atomic mass is 9.86. The topological polar surface area (TPSA) is 112 Å². The number of rotatable bonds is 10. The number of nitrogens with zero attached hydrogens (tertiary/aromatic N) is 4. The van der Waals surface area contributed by atoms with Crippen LogP contribution in [0.5, 0.6) is 5.75 Å². The molecule has 0 bridgehead atoms. The molecule has 1 fully saturated rings. The highest BCUT2D eigenvalue weighted by Gasteiger charge is 2.26. The third-order valence-electron chi connectivity index (χ3n) is 6.84. The van der Waals surface area contributed by atoms with Gasteiger partial charge in [-0.1, -0.05) is 24.3 Å². The second-order valence-corrected chi connectivity index (χ2v) is 10.2. The minimum atomic E-state index is -0.572. The van der Waals surface area contributed by atoms with Gasteiger partial charge in [0.2, 0.25) is 17.8 Å². The monoisotopic (exact) mass is 547 g/mol. The van der Waals surface area contributed by atoms with E-state index in [9.17, 15) is 9.59 Å². The van der Waals surface area contributed by atoms with Crippen LogP contribution in [0.3, 0.4) is 0 Å². The molecule has 1 aliphatic rings. The molecule has 10 nitrogen and oxygen atoms in total. The van der Waals surface area contributed by atoms with E-state index in [1.165, 1.54) is 11.0 Å². The highest BCUT2D eigenvalue weighted by Crippen LogP contribution is 2.25. The molecule has 40 heavy (non-hydrogen) atoms. The van der Waals surface area contributed by atoms with Gasteiger partial charge in [-0.3, -0.25) is 9.59 Å². The minimum Gasteiger partial charge on any atom is -0.497 e. The summed E-state index contributed by atoms with van der Waals surface area (Å²) >= 11 is 0. The van der Waals surface area contributed by atoms with Crippen molar-refractivity contribution in [2.45, 2.75) is 44.7 Å². The van der Waals surface area contributed by atoms with E-state index in [0.717, 1.165) is 37.1 Å². The van der Waals surface area contributed by atoms with Crippen molar-refractivity contribution in [3.05, 3.63) is 48.2 Å². The van der Waals surface area contributed by atoms with Crippen LogP contribution in [0.15, 0.2) is 42.6 Å². The van der Waals surface area contributed by atoms with Crippen molar-refractivity contribution >= 4 is 29.3 Å². The Morgan fingerprint density at radius 2 is 1.95 bits per heavy atom. The number of carbonyl (C=O) groups is 2. The van der Waals surface area contributed by atoms with Crippen LogP contribution in [0, 0.1) is 17.8 Å². The molecule has 3 atom stereocenters. The van der Waals surface area contributed by atoms with E-state index < -0.39 is 6.04 Å². The zero-order valence-electron chi connectivity index (χ0n) is 24.3. The zero-order chi connectivity index (χ0) is 29.1. The summed E-state index contributed by atoms with van der Waals surface area (Å²) in [5.74, 6) is 8.31. The lowest BCUT2D eigenvalue weighted by Crippen LogP contribution is -2.49. The van der Waals surface area contributed by atoms with E-state index in [0.29, 0.717) is 23.9 Å². The number of amides is 2. The first-order chi connectivity index (χ1) is 19.2. The summed E-state index contributed by atoms with van der Waals surface area (Å²) in [6.07, 6.45) is 8.59. The summed E-state index contributed by atoms with van der Waals surface area (Å²) in [5, 5.41) is 9.43. The Morgan fingerprint density at radius 3 is 2.62 bits per heavy atom. The lowest BCUT2D eigenvalue weighted by molar-refractivity contribution is -0.135. The van der Waals surface area contributed by atoms with Crippen LogP contribution in [0.1, 0.15) is 38.2 Å². The summed E-state index contributed by atoms with van der Waals surface area (Å²) in [6, 6.07) is 7.02. The minimum absolute atomic E-state index is 0.00981. The van der Waals surface area contributed by atoms with Crippen molar-refractivity contribution in [2.75, 3.05) is 52.5 Å². The van der Waals surface area contributed by atoms with Gasteiger partial charge < -0.3 is 30.5 Å². The fourth-order valence-corrected chi connectivity index (χ4v) is 4.30. The predicted molar refractivity (Wildman–Crippen MR) is 159 cm³/mol. The maximum atomic E-state index is 12.9. The smallest absolute Gasteiger partial charge is 0.246 e. The molecule has 1 aromatic heterocycles. The molecule has 0 unspecified atom stereocenters. The predicted octanol–water partition coefficient (Wildman–Crippen LogP) is 3.26. The molecule has 10 heteroatoms. The average Bonchev–Trinajstić information content (AvgIpc) is 2.96. The quantitative estimate of drug-likeness (QED) is 0.307. The van der Waals surface area contributed by atoms with Crippen LogP contribution in [-0.4, -0.2) is 85.5 Å². The highest BCUT2D eigenvalue weighted by molar-refractivity contribution is 5.92. The Labute approximate surface area is 237 Å². The SMILES string of the molecule is CNc1ncc(C#C[C@@H]2CCC[C@H](NC(=O)[C@H](C)N(C)C(=O)C=CCN(C)C)C2)c(Nc2ccc(OC)cc2)n1. The molecule has 2 amide bonds. The molecule has 0 spiro atoms. The number of aromatic nitrogens is 2. The van der Waals surface area contributed by atoms with Crippen LogP contribution >= 0.6 is 0 Å². The lowest BCUT2D eigenvalue weighted by Gasteiger charge is -2.30. The Morgan fingerprint density at radius 1 is 1.20 bits per heavy atom. The number of benzene rings is 1. The van der Waals surface area contributed by atoms with E-state index in [-0.39, 0.29) is 23.8 Å². The van der Waals surface area contributed by atoms with Crippen LogP contribution in [0.4, 0.5) is 17.5 Å². The van der Waals surface area contributed by atoms with Crippen molar-refractivity contribution in [1.29, 1.82) is 0 Å². The largest absolute Gasteiger partial charge is 0.497 e. The number of nitrogens with one attached hydrogen (secondary N) is 3. The van der Waals surface area contributed by atoms with E-state index in [2.05, 4.69) is 37.8 Å². The van der Waals surface area contributed by atoms with Gasteiger partial charge in [-0.05, 0) is 64.5 Å². The second-order valence-electron chi connectivity index (χ2n) is 10.2. The van der Waals surface area contributed by atoms with Gasteiger partial charge in [0.25, 0.3) is 0 Å². The first-order valence-electron chi connectivity index (χ1n) is 13.6. The van der Waals surface area contributed by atoms with Crippen molar-refractivity contribution in [1.82, 2.24) is 25.1 Å². The zero-order valence-corrected chi connectivity index (χ0v) is 24.3. The normalized spacial score (nSPS) is 17.5. The van der Waals surface area contributed by atoms with Crippen LogP contribution in [-0.2, 0) is 9.59 Å². The molecule has 1 aromatic carbocycles. The van der Waals surface area contributed by atoms with Gasteiger partial charge in [0.15, 0.2) is 5.82 Å². The molecule has 1 heterocycles. The molecule has 214 valence electrons. The summed E-state index contributed by atoms with van der Waals surface area (Å²) in [5.41, 5.74) is 1.55. The van der Waals surface area contributed by atoms with Gasteiger partial charge >= 0.3 is 0 Å². The molecular weight excluding hydrogens is 506 g/mol. The molecule has 1 saturated carbocycles. The standard InChI is InChI=1S/C30H41N7O3/c1-21(37(5)27(38)11-8-18-36(3)4)29(39)34-25-10-7-9-22(19-25)12-13-23-20-32-30(31-2)35-28(23)33-24-14-16-26(40-6)17-15-24/h8,11,14-17,20-22,25H,7,9-10,18-19H2,1-6H3,(H,34,39)(H2,31,32,33,35)/t21-,22-,25-/m0/s1. The van der Waals surface area contributed by atoms with Gasteiger partial charge in [0.1, 0.15) is 11.8 Å². The molecule has 0 aliphatic heterocycles. The Hall–Kier alpha value is -4.10. The Balaban J connectivity index is 1.63. The summed E-state index contributed by atoms with van der Waals surface area (Å²) in [6.45, 7) is 2.41. The van der Waals surface area contributed by atoms with Crippen LogP contribution in [0.2, 0.25) is 0 Å². The molecule has 3 rings (SSSR count). The van der Waals surface area contributed by atoms with Crippen molar-refractivity contribution in [3.8, 4) is 17.6 Å². The summed E-state index contributed by atoms with van der Waals surface area (Å²) in [7, 11) is 8.92. The van der Waals surface area contributed by atoms with Crippen LogP contribution < -0.4 is 20.7 Å². The first-order valence-corrected chi connectivity index (χ1v) is 13.6. The Kier molecular flexibility index (Phi) is 11.3. The Bertz CT molecular complexity index is 1230. The average molecular weight is 548 g/mol. The number of methoxy groups -OCH3 is 1. The number of ether oxygens (including phenoxy) is 1. The molecule has 3 N–H and O–H groups in total. The molecular formula is C30H41N7O3. The fraction of sp³-hybridized carbons (Fsp3) is 0.467. The second kappa shape index (κ2) is 14.9. The fourth-order valence-electron chi connectivity index (χ4n) is 4.30. The maximum absolute atomic E-state index is 12.9. The first kappa shape index (κ1) is 30.4. The van der Waals surface area contributed by atoms with Crippen LogP contribution in [0.25, 0.3) is 0 Å². The highest BCUT2D eigenvalue weighted by atomic mass is 16.5. The maximum Gasteiger partial charge on any atom is 0.246 e. The number of hydrogen-bond donors (Lipinski definition) is 3. The van der Waals surface area contributed by atoms with Crippen molar-refractivity contribution < 1.29 is 14.3 Å². The van der Waals surface area contributed by atoms with Gasteiger partial charge in [0, 0.05) is 44.4 Å². The number of carbonyl (C=O) groups excluding carboxylic acids is 2. The third-order valence-corrected chi connectivity index (χ3v) is 6.84. The summed E-state index contributed by atoms with van der Waals surface area (Å²) < 4.78 is 5.24. The van der Waals surface area contributed by atoms with Crippen molar-refractivity contribution in [3.63, 3.8) is 0 Å². The summed E-state index contributed by atoms with van der Waals surface area (Å²) in [4.78, 5) is 37.7.